The quantitative estimate of drug-likeness (QED) is 0.788. The highest BCUT2D eigenvalue weighted by Gasteiger charge is 2.31. The standard InChI is InChI=1S/C13H14F6N2O3/c1-3-9(22)21-10-8(23-5-12(14,15)16)4-7(2)20-11(10)24-6-13(17,18)19/h4H,3,5-6H2,1-2H3,(H,21,22). The summed E-state index contributed by atoms with van der Waals surface area (Å²) >= 11 is 0. The second kappa shape index (κ2) is 7.58. The van der Waals surface area contributed by atoms with Crippen molar-refractivity contribution < 1.29 is 40.6 Å². The van der Waals surface area contributed by atoms with E-state index in [-0.39, 0.29) is 12.1 Å². The Kier molecular flexibility index (Phi) is 6.27. The van der Waals surface area contributed by atoms with Gasteiger partial charge in [-0.1, -0.05) is 6.92 Å². The zero-order valence-electron chi connectivity index (χ0n) is 12.6. The van der Waals surface area contributed by atoms with Gasteiger partial charge in [0.05, 0.1) is 0 Å². The van der Waals surface area contributed by atoms with Crippen LogP contribution in [0.1, 0.15) is 19.0 Å². The molecule has 11 heteroatoms. The highest BCUT2D eigenvalue weighted by molar-refractivity contribution is 5.93. The number of anilines is 1. The molecule has 1 N–H and O–H groups in total. The van der Waals surface area contributed by atoms with Crippen LogP contribution in [-0.2, 0) is 4.79 Å². The second-order valence-electron chi connectivity index (χ2n) is 4.65. The number of rotatable bonds is 6. The molecular formula is C13H14F6N2O3. The molecule has 0 fully saturated rings. The highest BCUT2D eigenvalue weighted by Crippen LogP contribution is 2.36. The number of carbonyl (C=O) groups is 1. The Morgan fingerprint density at radius 1 is 1.12 bits per heavy atom. The Hall–Kier alpha value is -2.20. The number of nitrogens with zero attached hydrogens (tertiary/aromatic N) is 1. The van der Waals surface area contributed by atoms with E-state index in [1.807, 2.05) is 0 Å². The van der Waals surface area contributed by atoms with Gasteiger partial charge in [0, 0.05) is 18.2 Å². The summed E-state index contributed by atoms with van der Waals surface area (Å²) in [6.45, 7) is -0.642. The van der Waals surface area contributed by atoms with Gasteiger partial charge in [-0.3, -0.25) is 4.79 Å². The van der Waals surface area contributed by atoms with Crippen LogP contribution in [0.25, 0.3) is 0 Å². The fourth-order valence-electron chi connectivity index (χ4n) is 1.49. The largest absolute Gasteiger partial charge is 0.482 e. The third kappa shape index (κ3) is 6.92. The summed E-state index contributed by atoms with van der Waals surface area (Å²) in [6, 6.07) is 1.05. The fourth-order valence-corrected chi connectivity index (χ4v) is 1.49. The Morgan fingerprint density at radius 3 is 2.17 bits per heavy atom. The first-order valence-corrected chi connectivity index (χ1v) is 6.62. The maximum atomic E-state index is 12.3. The molecule has 1 rings (SSSR count). The van der Waals surface area contributed by atoms with Gasteiger partial charge in [-0.15, -0.1) is 0 Å². The van der Waals surface area contributed by atoms with Crippen LogP contribution in [0.4, 0.5) is 32.0 Å². The van der Waals surface area contributed by atoms with Crippen LogP contribution < -0.4 is 14.8 Å². The van der Waals surface area contributed by atoms with Crippen molar-refractivity contribution in [3.63, 3.8) is 0 Å². The van der Waals surface area contributed by atoms with Gasteiger partial charge in [-0.05, 0) is 6.92 Å². The molecule has 0 bridgehead atoms. The molecule has 1 aromatic rings. The number of amides is 1. The van der Waals surface area contributed by atoms with E-state index < -0.39 is 48.8 Å². The number of pyridine rings is 1. The fraction of sp³-hybridized carbons (Fsp3) is 0.538. The Balaban J connectivity index is 3.18. The summed E-state index contributed by atoms with van der Waals surface area (Å²) in [5, 5.41) is 2.14. The molecule has 0 saturated heterocycles. The number of hydrogen-bond donors (Lipinski definition) is 1. The van der Waals surface area contributed by atoms with Crippen molar-refractivity contribution in [1.82, 2.24) is 4.98 Å². The molecule has 1 heterocycles. The molecule has 0 aliphatic carbocycles. The minimum absolute atomic E-state index is 0.0545. The van der Waals surface area contributed by atoms with E-state index in [0.29, 0.717) is 0 Å². The van der Waals surface area contributed by atoms with Gasteiger partial charge in [0.25, 0.3) is 0 Å². The van der Waals surface area contributed by atoms with Crippen LogP contribution in [0.2, 0.25) is 0 Å². The lowest BCUT2D eigenvalue weighted by molar-refractivity contribution is -0.154. The number of aryl methyl sites for hydroxylation is 1. The molecule has 1 aromatic heterocycles. The van der Waals surface area contributed by atoms with Crippen molar-refractivity contribution in [1.29, 1.82) is 0 Å². The average molecular weight is 360 g/mol. The first-order chi connectivity index (χ1) is 10.9. The summed E-state index contributed by atoms with van der Waals surface area (Å²) in [6.07, 6.45) is -9.42. The molecule has 5 nitrogen and oxygen atoms in total. The topological polar surface area (TPSA) is 60.5 Å². The molecule has 0 saturated carbocycles. The normalized spacial score (nSPS) is 12.0. The first kappa shape index (κ1) is 19.8. The molecule has 0 spiro atoms. The Morgan fingerprint density at radius 2 is 1.67 bits per heavy atom. The van der Waals surface area contributed by atoms with Gasteiger partial charge >= 0.3 is 12.4 Å². The third-order valence-corrected chi connectivity index (χ3v) is 2.43. The summed E-state index contributed by atoms with van der Waals surface area (Å²) in [5.41, 5.74) is -0.431. The molecule has 0 aliphatic rings. The predicted octanol–water partition coefficient (Wildman–Crippen LogP) is 3.62. The van der Waals surface area contributed by atoms with Crippen LogP contribution in [0.5, 0.6) is 11.6 Å². The van der Waals surface area contributed by atoms with Gasteiger partial charge in [-0.2, -0.15) is 26.3 Å². The lowest BCUT2D eigenvalue weighted by Gasteiger charge is -2.18. The van der Waals surface area contributed by atoms with E-state index in [1.165, 1.54) is 13.8 Å². The van der Waals surface area contributed by atoms with E-state index in [0.717, 1.165) is 6.07 Å². The lowest BCUT2D eigenvalue weighted by atomic mass is 10.3. The molecular weight excluding hydrogens is 346 g/mol. The van der Waals surface area contributed by atoms with E-state index in [2.05, 4.69) is 19.8 Å². The molecule has 0 radical (unpaired) electrons. The Bertz CT molecular complexity index is 547. The number of alkyl halides is 6. The molecule has 0 atom stereocenters. The van der Waals surface area contributed by atoms with Crippen molar-refractivity contribution in [3.8, 4) is 11.6 Å². The number of aromatic nitrogens is 1. The van der Waals surface area contributed by atoms with Gasteiger partial charge in [0.2, 0.25) is 11.8 Å². The minimum atomic E-state index is -4.69. The van der Waals surface area contributed by atoms with E-state index in [1.54, 1.807) is 0 Å². The maximum Gasteiger partial charge on any atom is 0.422 e. The molecule has 0 aliphatic heterocycles. The SMILES string of the molecule is CCC(=O)Nc1c(OCC(F)(F)F)cc(C)nc1OCC(F)(F)F. The summed E-state index contributed by atoms with van der Waals surface area (Å²) in [4.78, 5) is 15.1. The summed E-state index contributed by atoms with van der Waals surface area (Å²) < 4.78 is 82.8. The number of hydrogen-bond acceptors (Lipinski definition) is 4. The molecule has 24 heavy (non-hydrogen) atoms. The van der Waals surface area contributed by atoms with Crippen LogP contribution in [-0.4, -0.2) is 36.5 Å². The van der Waals surface area contributed by atoms with Crippen LogP contribution >= 0.6 is 0 Å². The highest BCUT2D eigenvalue weighted by atomic mass is 19.4. The van der Waals surface area contributed by atoms with Crippen LogP contribution in [0.15, 0.2) is 6.07 Å². The zero-order valence-corrected chi connectivity index (χ0v) is 12.6. The molecule has 1 amide bonds. The predicted molar refractivity (Wildman–Crippen MR) is 71.0 cm³/mol. The van der Waals surface area contributed by atoms with Gasteiger partial charge in [0.15, 0.2) is 19.0 Å². The number of carbonyl (C=O) groups excluding carboxylic acids is 1. The first-order valence-electron chi connectivity index (χ1n) is 6.62. The number of halogens is 6. The van der Waals surface area contributed by atoms with Crippen molar-refractivity contribution in [2.75, 3.05) is 18.5 Å². The van der Waals surface area contributed by atoms with Gasteiger partial charge in [0.1, 0.15) is 5.69 Å². The average Bonchev–Trinajstić information content (AvgIpc) is 2.43. The van der Waals surface area contributed by atoms with Crippen molar-refractivity contribution in [2.24, 2.45) is 0 Å². The lowest BCUT2D eigenvalue weighted by Crippen LogP contribution is -2.23. The van der Waals surface area contributed by atoms with Crippen LogP contribution in [0, 0.1) is 6.92 Å². The summed E-state index contributed by atoms with van der Waals surface area (Å²) in [5.74, 6) is -1.82. The van der Waals surface area contributed by atoms with Gasteiger partial charge in [-0.25, -0.2) is 4.98 Å². The van der Waals surface area contributed by atoms with Gasteiger partial charge < -0.3 is 14.8 Å². The van der Waals surface area contributed by atoms with Crippen molar-refractivity contribution in [2.45, 2.75) is 32.6 Å². The minimum Gasteiger partial charge on any atom is -0.482 e. The molecule has 0 unspecified atom stereocenters. The summed E-state index contributed by atoms with van der Waals surface area (Å²) in [7, 11) is 0. The van der Waals surface area contributed by atoms with E-state index in [9.17, 15) is 31.1 Å². The maximum absolute atomic E-state index is 12.3. The van der Waals surface area contributed by atoms with E-state index >= 15 is 0 Å². The number of nitrogens with one attached hydrogen (secondary N) is 1. The third-order valence-electron chi connectivity index (χ3n) is 2.43. The zero-order chi connectivity index (χ0) is 18.5. The second-order valence-corrected chi connectivity index (χ2v) is 4.65. The van der Waals surface area contributed by atoms with Crippen molar-refractivity contribution >= 4 is 11.6 Å². The van der Waals surface area contributed by atoms with Crippen LogP contribution in [0.3, 0.4) is 0 Å². The van der Waals surface area contributed by atoms with Crippen molar-refractivity contribution in [3.05, 3.63) is 11.8 Å². The number of ether oxygens (including phenoxy) is 2. The Labute approximate surface area is 133 Å². The smallest absolute Gasteiger partial charge is 0.422 e. The molecule has 136 valence electrons. The monoisotopic (exact) mass is 360 g/mol. The molecule has 0 aromatic carbocycles. The van der Waals surface area contributed by atoms with E-state index in [4.69, 9.17) is 0 Å².